The minimum absolute atomic E-state index is 0.401. The number of nitrogens with zero attached hydrogens (tertiary/aromatic N) is 3. The van der Waals surface area contributed by atoms with Crippen LogP contribution in [0.5, 0.6) is 6.01 Å². The van der Waals surface area contributed by atoms with Crippen LogP contribution in [0.25, 0.3) is 5.57 Å². The van der Waals surface area contributed by atoms with Crippen LogP contribution in [0.3, 0.4) is 0 Å². The first-order chi connectivity index (χ1) is 13.7. The maximum absolute atomic E-state index is 6.16. The number of nitrogens with two attached hydrogens (primary N) is 1. The van der Waals surface area contributed by atoms with E-state index in [4.69, 9.17) is 10.5 Å². The molecule has 1 aromatic carbocycles. The number of anilines is 1. The Morgan fingerprint density at radius 2 is 1.82 bits per heavy atom. The average Bonchev–Trinajstić information content (AvgIpc) is 3.34. The standard InChI is InChI=1S/C23H30N4O/c1-2-3-14-28-23-25-21-19(10-11-20(21)22(24)26-23)15-17-6-8-18(9-7-17)16-27-12-4-5-13-27/h6-10H,2-5,11-16H2,1H3,(H2,24,25,26). The average molecular weight is 379 g/mol. The summed E-state index contributed by atoms with van der Waals surface area (Å²) in [5.41, 5.74) is 12.1. The Labute approximate surface area is 167 Å². The summed E-state index contributed by atoms with van der Waals surface area (Å²) in [5, 5.41) is 0. The van der Waals surface area contributed by atoms with Gasteiger partial charge in [-0.1, -0.05) is 43.7 Å². The number of hydrogen-bond donors (Lipinski definition) is 1. The second kappa shape index (κ2) is 8.74. The quantitative estimate of drug-likeness (QED) is 0.703. The lowest BCUT2D eigenvalue weighted by Crippen LogP contribution is -2.18. The van der Waals surface area contributed by atoms with Crippen molar-refractivity contribution in [3.8, 4) is 6.01 Å². The van der Waals surface area contributed by atoms with Gasteiger partial charge in [-0.15, -0.1) is 0 Å². The molecule has 0 bridgehead atoms. The van der Waals surface area contributed by atoms with E-state index >= 15 is 0 Å². The molecule has 4 rings (SSSR count). The third-order valence-corrected chi connectivity index (χ3v) is 5.63. The minimum Gasteiger partial charge on any atom is -0.463 e. The molecular weight excluding hydrogens is 348 g/mol. The van der Waals surface area contributed by atoms with Crippen LogP contribution in [-0.4, -0.2) is 34.6 Å². The highest BCUT2D eigenvalue weighted by Gasteiger charge is 2.21. The number of rotatable bonds is 8. The summed E-state index contributed by atoms with van der Waals surface area (Å²) < 4.78 is 5.70. The van der Waals surface area contributed by atoms with Crippen molar-refractivity contribution in [1.82, 2.24) is 14.9 Å². The molecule has 1 fully saturated rings. The first kappa shape index (κ1) is 18.9. The van der Waals surface area contributed by atoms with E-state index in [0.717, 1.165) is 43.5 Å². The zero-order valence-corrected chi connectivity index (χ0v) is 16.8. The third-order valence-electron chi connectivity index (χ3n) is 5.63. The van der Waals surface area contributed by atoms with E-state index < -0.39 is 0 Å². The van der Waals surface area contributed by atoms with Gasteiger partial charge in [0, 0.05) is 12.1 Å². The Kier molecular flexibility index (Phi) is 5.91. The van der Waals surface area contributed by atoms with Gasteiger partial charge in [-0.25, -0.2) is 0 Å². The van der Waals surface area contributed by atoms with E-state index in [0.29, 0.717) is 18.4 Å². The lowest BCUT2D eigenvalue weighted by atomic mass is 10.0. The van der Waals surface area contributed by atoms with Crippen molar-refractivity contribution in [1.29, 1.82) is 0 Å². The summed E-state index contributed by atoms with van der Waals surface area (Å²) >= 11 is 0. The molecule has 0 amide bonds. The van der Waals surface area contributed by atoms with Gasteiger partial charge >= 0.3 is 6.01 Å². The van der Waals surface area contributed by atoms with Crippen molar-refractivity contribution in [2.24, 2.45) is 0 Å². The van der Waals surface area contributed by atoms with Gasteiger partial charge in [-0.3, -0.25) is 4.90 Å². The number of benzene rings is 1. The summed E-state index contributed by atoms with van der Waals surface area (Å²) in [4.78, 5) is 11.5. The molecule has 0 saturated carbocycles. The fourth-order valence-corrected chi connectivity index (χ4v) is 3.98. The maximum Gasteiger partial charge on any atom is 0.318 e. The first-order valence-electron chi connectivity index (χ1n) is 10.5. The lowest BCUT2D eigenvalue weighted by Gasteiger charge is -2.15. The number of nitrogen functional groups attached to an aromatic ring is 1. The van der Waals surface area contributed by atoms with Crippen molar-refractivity contribution in [2.45, 2.75) is 52.0 Å². The van der Waals surface area contributed by atoms with Crippen LogP contribution in [0.15, 0.2) is 30.3 Å². The molecule has 2 aromatic rings. The fourth-order valence-electron chi connectivity index (χ4n) is 3.98. The van der Waals surface area contributed by atoms with Crippen molar-refractivity contribution >= 4 is 11.4 Å². The van der Waals surface area contributed by atoms with Gasteiger partial charge in [0.25, 0.3) is 0 Å². The zero-order valence-electron chi connectivity index (χ0n) is 16.8. The largest absolute Gasteiger partial charge is 0.463 e. The van der Waals surface area contributed by atoms with Gasteiger partial charge in [0.2, 0.25) is 0 Å². The molecule has 2 N–H and O–H groups in total. The van der Waals surface area contributed by atoms with Crippen molar-refractivity contribution in [2.75, 3.05) is 25.4 Å². The number of aromatic nitrogens is 2. The summed E-state index contributed by atoms with van der Waals surface area (Å²) in [7, 11) is 0. The Bertz CT molecular complexity index is 838. The van der Waals surface area contributed by atoms with Crippen LogP contribution < -0.4 is 10.5 Å². The monoisotopic (exact) mass is 378 g/mol. The number of hydrogen-bond acceptors (Lipinski definition) is 5. The predicted molar refractivity (Wildman–Crippen MR) is 113 cm³/mol. The van der Waals surface area contributed by atoms with Gasteiger partial charge in [0.1, 0.15) is 5.82 Å². The summed E-state index contributed by atoms with van der Waals surface area (Å²) in [5.74, 6) is 0.545. The number of likely N-dealkylation sites (tertiary alicyclic amines) is 1. The van der Waals surface area contributed by atoms with Crippen LogP contribution in [0.4, 0.5) is 5.82 Å². The molecular formula is C23H30N4O. The molecule has 0 atom stereocenters. The SMILES string of the molecule is CCCCOc1nc(N)c2c(n1)C(Cc1ccc(CN3CCCC3)cc1)=CC2. The molecule has 148 valence electrons. The van der Waals surface area contributed by atoms with Gasteiger partial charge in [0.05, 0.1) is 12.3 Å². The topological polar surface area (TPSA) is 64.3 Å². The third kappa shape index (κ3) is 4.36. The van der Waals surface area contributed by atoms with E-state index in [1.54, 1.807) is 0 Å². The Balaban J connectivity index is 1.43. The van der Waals surface area contributed by atoms with Gasteiger partial charge in [-0.05, 0) is 61.9 Å². The maximum atomic E-state index is 6.16. The van der Waals surface area contributed by atoms with E-state index in [1.807, 2.05) is 0 Å². The molecule has 0 spiro atoms. The van der Waals surface area contributed by atoms with Crippen LogP contribution in [0, 0.1) is 0 Å². The summed E-state index contributed by atoms with van der Waals surface area (Å²) in [6.07, 6.45) is 8.64. The molecule has 1 aliphatic heterocycles. The summed E-state index contributed by atoms with van der Waals surface area (Å²) in [6, 6.07) is 9.41. The highest BCUT2D eigenvalue weighted by molar-refractivity contribution is 5.75. The molecule has 1 aromatic heterocycles. The van der Waals surface area contributed by atoms with Crippen molar-refractivity contribution in [3.05, 3.63) is 52.7 Å². The molecule has 28 heavy (non-hydrogen) atoms. The molecule has 0 unspecified atom stereocenters. The van der Waals surface area contributed by atoms with E-state index in [9.17, 15) is 0 Å². The van der Waals surface area contributed by atoms with Crippen LogP contribution in [0.2, 0.25) is 0 Å². The second-order valence-corrected chi connectivity index (χ2v) is 7.83. The van der Waals surface area contributed by atoms with Crippen molar-refractivity contribution < 1.29 is 4.74 Å². The summed E-state index contributed by atoms with van der Waals surface area (Å²) in [6.45, 7) is 6.29. The second-order valence-electron chi connectivity index (χ2n) is 7.83. The van der Waals surface area contributed by atoms with E-state index in [-0.39, 0.29) is 0 Å². The highest BCUT2D eigenvalue weighted by atomic mass is 16.5. The molecule has 1 aliphatic carbocycles. The fraction of sp³-hybridized carbons (Fsp3) is 0.478. The molecule has 5 nitrogen and oxygen atoms in total. The number of ether oxygens (including phenoxy) is 1. The molecule has 2 heterocycles. The number of unbranched alkanes of at least 4 members (excludes halogenated alkanes) is 1. The van der Waals surface area contributed by atoms with Crippen LogP contribution in [-0.2, 0) is 19.4 Å². The normalized spacial score (nSPS) is 16.2. The smallest absolute Gasteiger partial charge is 0.318 e. The zero-order chi connectivity index (χ0) is 19.3. The molecule has 5 heteroatoms. The van der Waals surface area contributed by atoms with Gasteiger partial charge < -0.3 is 10.5 Å². The van der Waals surface area contributed by atoms with Crippen LogP contribution in [0.1, 0.15) is 55.0 Å². The number of allylic oxidation sites excluding steroid dienone is 2. The lowest BCUT2D eigenvalue weighted by molar-refractivity contribution is 0.285. The van der Waals surface area contributed by atoms with E-state index in [2.05, 4.69) is 52.1 Å². The molecule has 2 aliphatic rings. The van der Waals surface area contributed by atoms with Gasteiger partial charge in [0.15, 0.2) is 0 Å². The first-order valence-corrected chi connectivity index (χ1v) is 10.5. The number of fused-ring (bicyclic) bond motifs is 1. The Morgan fingerprint density at radius 1 is 1.07 bits per heavy atom. The Hall–Kier alpha value is -2.40. The van der Waals surface area contributed by atoms with E-state index in [1.165, 1.54) is 42.6 Å². The molecule has 0 radical (unpaired) electrons. The minimum atomic E-state index is 0.401. The Morgan fingerprint density at radius 3 is 2.57 bits per heavy atom. The predicted octanol–water partition coefficient (Wildman–Crippen LogP) is 4.02. The highest BCUT2D eigenvalue weighted by Crippen LogP contribution is 2.32. The van der Waals surface area contributed by atoms with Crippen molar-refractivity contribution in [3.63, 3.8) is 0 Å². The van der Waals surface area contributed by atoms with Crippen LogP contribution >= 0.6 is 0 Å². The molecule has 1 saturated heterocycles. The van der Waals surface area contributed by atoms with Gasteiger partial charge in [-0.2, -0.15) is 9.97 Å².